The molecule has 0 aromatic rings. The number of hydrogen-bond acceptors (Lipinski definition) is 4. The summed E-state index contributed by atoms with van der Waals surface area (Å²) < 4.78 is 5.68. The summed E-state index contributed by atoms with van der Waals surface area (Å²) >= 11 is 0. The molecule has 0 amide bonds. The van der Waals surface area contributed by atoms with E-state index in [1.165, 1.54) is 6.42 Å². The average Bonchev–Trinajstić information content (AvgIpc) is 2.37. The molecule has 0 aliphatic carbocycles. The summed E-state index contributed by atoms with van der Waals surface area (Å²) in [6.45, 7) is 11.1. The van der Waals surface area contributed by atoms with Gasteiger partial charge in [0.25, 0.3) is 0 Å². The monoisotopic (exact) mass is 244 g/mol. The second kappa shape index (κ2) is 8.03. The van der Waals surface area contributed by atoms with E-state index in [1.807, 2.05) is 0 Å². The molecule has 4 heteroatoms. The van der Waals surface area contributed by atoms with Gasteiger partial charge in [-0.1, -0.05) is 13.8 Å². The Morgan fingerprint density at radius 3 is 2.76 bits per heavy atom. The third kappa shape index (κ3) is 4.92. The zero-order chi connectivity index (χ0) is 12.6. The smallest absolute Gasteiger partial charge is 0.0558 e. The van der Waals surface area contributed by atoms with Crippen LogP contribution in [0.1, 0.15) is 26.7 Å². The van der Waals surface area contributed by atoms with E-state index in [2.05, 4.69) is 24.1 Å². The van der Waals surface area contributed by atoms with Crippen molar-refractivity contribution in [2.24, 2.45) is 5.41 Å². The molecule has 0 spiro atoms. The first-order valence-corrected chi connectivity index (χ1v) is 6.88. The standard InChI is InChI=1S/C13H28N2O2/c1-3-14-10-13(6-5-9-17-12-13)11-15(4-2)7-8-16/h14,16H,3-12H2,1-2H3. The Kier molecular flexibility index (Phi) is 7.04. The number of hydrogen-bond donors (Lipinski definition) is 2. The predicted molar refractivity (Wildman–Crippen MR) is 70.2 cm³/mol. The van der Waals surface area contributed by atoms with Crippen molar-refractivity contribution in [2.45, 2.75) is 26.7 Å². The molecule has 0 aromatic carbocycles. The van der Waals surface area contributed by atoms with Crippen molar-refractivity contribution in [2.75, 3.05) is 52.5 Å². The van der Waals surface area contributed by atoms with Gasteiger partial charge in [0.2, 0.25) is 0 Å². The van der Waals surface area contributed by atoms with Crippen LogP contribution in [0.3, 0.4) is 0 Å². The molecular formula is C13H28N2O2. The molecule has 1 unspecified atom stereocenters. The van der Waals surface area contributed by atoms with Gasteiger partial charge < -0.3 is 20.1 Å². The number of nitrogens with one attached hydrogen (secondary N) is 1. The Morgan fingerprint density at radius 2 is 2.24 bits per heavy atom. The molecule has 102 valence electrons. The molecular weight excluding hydrogens is 216 g/mol. The summed E-state index contributed by atoms with van der Waals surface area (Å²) in [5.41, 5.74) is 0.236. The number of nitrogens with zero attached hydrogens (tertiary/aromatic N) is 1. The van der Waals surface area contributed by atoms with Crippen LogP contribution in [0.25, 0.3) is 0 Å². The van der Waals surface area contributed by atoms with Crippen molar-refractivity contribution < 1.29 is 9.84 Å². The van der Waals surface area contributed by atoms with Gasteiger partial charge in [-0.3, -0.25) is 0 Å². The van der Waals surface area contributed by atoms with Crippen molar-refractivity contribution >= 4 is 0 Å². The summed E-state index contributed by atoms with van der Waals surface area (Å²) in [5, 5.41) is 12.5. The van der Waals surface area contributed by atoms with Crippen LogP contribution in [-0.4, -0.2) is 62.6 Å². The van der Waals surface area contributed by atoms with E-state index in [4.69, 9.17) is 9.84 Å². The molecule has 0 radical (unpaired) electrons. The van der Waals surface area contributed by atoms with Crippen LogP contribution in [0.4, 0.5) is 0 Å². The van der Waals surface area contributed by atoms with Crippen LogP contribution in [0.2, 0.25) is 0 Å². The molecule has 4 nitrogen and oxygen atoms in total. The number of rotatable bonds is 8. The second-order valence-corrected chi connectivity index (χ2v) is 5.03. The van der Waals surface area contributed by atoms with Crippen LogP contribution in [-0.2, 0) is 4.74 Å². The van der Waals surface area contributed by atoms with Gasteiger partial charge in [0.1, 0.15) is 0 Å². The molecule has 1 rings (SSSR count). The third-order valence-electron chi connectivity index (χ3n) is 3.58. The van der Waals surface area contributed by atoms with Crippen molar-refractivity contribution in [1.29, 1.82) is 0 Å². The van der Waals surface area contributed by atoms with Crippen molar-refractivity contribution in [3.8, 4) is 0 Å². The van der Waals surface area contributed by atoms with E-state index in [1.54, 1.807) is 0 Å². The molecule has 1 saturated heterocycles. The SMILES string of the molecule is CCNCC1(CN(CC)CCO)CCCOC1. The number of ether oxygens (including phenoxy) is 1. The topological polar surface area (TPSA) is 44.7 Å². The van der Waals surface area contributed by atoms with E-state index < -0.39 is 0 Å². The molecule has 1 aliphatic rings. The molecule has 1 aliphatic heterocycles. The van der Waals surface area contributed by atoms with Gasteiger partial charge in [0.05, 0.1) is 13.2 Å². The highest BCUT2D eigenvalue weighted by Crippen LogP contribution is 2.29. The first-order chi connectivity index (χ1) is 8.26. The Balaban J connectivity index is 2.54. The molecule has 0 bridgehead atoms. The van der Waals surface area contributed by atoms with Crippen LogP contribution < -0.4 is 5.32 Å². The van der Waals surface area contributed by atoms with E-state index in [-0.39, 0.29) is 12.0 Å². The highest BCUT2D eigenvalue weighted by Gasteiger charge is 2.33. The molecule has 1 heterocycles. The Labute approximate surface area is 105 Å². The zero-order valence-corrected chi connectivity index (χ0v) is 11.4. The zero-order valence-electron chi connectivity index (χ0n) is 11.4. The number of aliphatic hydroxyl groups excluding tert-OH is 1. The highest BCUT2D eigenvalue weighted by molar-refractivity contribution is 4.87. The Morgan fingerprint density at radius 1 is 1.41 bits per heavy atom. The first-order valence-electron chi connectivity index (χ1n) is 6.88. The fourth-order valence-electron chi connectivity index (χ4n) is 2.58. The van der Waals surface area contributed by atoms with Crippen molar-refractivity contribution in [3.63, 3.8) is 0 Å². The summed E-state index contributed by atoms with van der Waals surface area (Å²) in [5.74, 6) is 0. The van der Waals surface area contributed by atoms with Gasteiger partial charge in [-0.2, -0.15) is 0 Å². The van der Waals surface area contributed by atoms with Gasteiger partial charge in [0, 0.05) is 31.7 Å². The lowest BCUT2D eigenvalue weighted by Crippen LogP contribution is -2.49. The maximum absolute atomic E-state index is 9.07. The Hall–Kier alpha value is -0.160. The van der Waals surface area contributed by atoms with Gasteiger partial charge in [0.15, 0.2) is 0 Å². The van der Waals surface area contributed by atoms with E-state index >= 15 is 0 Å². The lowest BCUT2D eigenvalue weighted by Gasteiger charge is -2.40. The minimum Gasteiger partial charge on any atom is -0.395 e. The lowest BCUT2D eigenvalue weighted by atomic mass is 9.81. The van der Waals surface area contributed by atoms with Crippen LogP contribution in [0.15, 0.2) is 0 Å². The second-order valence-electron chi connectivity index (χ2n) is 5.03. The van der Waals surface area contributed by atoms with E-state index in [9.17, 15) is 0 Å². The molecule has 1 fully saturated rings. The van der Waals surface area contributed by atoms with Crippen molar-refractivity contribution in [1.82, 2.24) is 10.2 Å². The summed E-state index contributed by atoms with van der Waals surface area (Å²) in [4.78, 5) is 2.33. The predicted octanol–water partition coefficient (Wildman–Crippen LogP) is 0.707. The minimum absolute atomic E-state index is 0.236. The maximum atomic E-state index is 9.07. The molecule has 2 N–H and O–H groups in total. The molecule has 0 saturated carbocycles. The lowest BCUT2D eigenvalue weighted by molar-refractivity contribution is -0.0270. The summed E-state index contributed by atoms with van der Waals surface area (Å²) in [7, 11) is 0. The van der Waals surface area contributed by atoms with Gasteiger partial charge in [-0.15, -0.1) is 0 Å². The third-order valence-corrected chi connectivity index (χ3v) is 3.58. The molecule has 1 atom stereocenters. The van der Waals surface area contributed by atoms with Crippen LogP contribution >= 0.6 is 0 Å². The average molecular weight is 244 g/mol. The minimum atomic E-state index is 0.236. The maximum Gasteiger partial charge on any atom is 0.0558 e. The number of aliphatic hydroxyl groups is 1. The van der Waals surface area contributed by atoms with Gasteiger partial charge in [-0.05, 0) is 25.9 Å². The van der Waals surface area contributed by atoms with E-state index in [0.29, 0.717) is 0 Å². The van der Waals surface area contributed by atoms with Gasteiger partial charge >= 0.3 is 0 Å². The number of likely N-dealkylation sites (N-methyl/N-ethyl adjacent to an activating group) is 1. The normalized spacial score (nSPS) is 25.4. The molecule has 17 heavy (non-hydrogen) atoms. The quantitative estimate of drug-likeness (QED) is 0.660. The Bertz CT molecular complexity index is 194. The van der Waals surface area contributed by atoms with Crippen LogP contribution in [0.5, 0.6) is 0 Å². The summed E-state index contributed by atoms with van der Waals surface area (Å²) in [6.07, 6.45) is 2.38. The largest absolute Gasteiger partial charge is 0.395 e. The highest BCUT2D eigenvalue weighted by atomic mass is 16.5. The molecule has 0 aromatic heterocycles. The fourth-order valence-corrected chi connectivity index (χ4v) is 2.58. The van der Waals surface area contributed by atoms with E-state index in [0.717, 1.165) is 52.4 Å². The van der Waals surface area contributed by atoms with Gasteiger partial charge in [-0.25, -0.2) is 0 Å². The van der Waals surface area contributed by atoms with Crippen molar-refractivity contribution in [3.05, 3.63) is 0 Å². The first kappa shape index (κ1) is 14.9. The fraction of sp³-hybridized carbons (Fsp3) is 1.00. The summed E-state index contributed by atoms with van der Waals surface area (Å²) in [6, 6.07) is 0. The van der Waals surface area contributed by atoms with Crippen LogP contribution in [0, 0.1) is 5.41 Å².